The molecule has 3 rings (SSSR count). The van der Waals surface area contributed by atoms with Crippen LogP contribution in [0.4, 0.5) is 15.8 Å². The van der Waals surface area contributed by atoms with Gasteiger partial charge in [0.25, 0.3) is 5.91 Å². The Morgan fingerprint density at radius 1 is 1.12 bits per heavy atom. The van der Waals surface area contributed by atoms with Crippen LogP contribution in [0.5, 0.6) is 0 Å². The van der Waals surface area contributed by atoms with E-state index in [4.69, 9.17) is 0 Å². The highest BCUT2D eigenvalue weighted by molar-refractivity contribution is 9.10. The summed E-state index contributed by atoms with van der Waals surface area (Å²) in [4.78, 5) is 17.1. The zero-order valence-electron chi connectivity index (χ0n) is 13.4. The number of likely N-dealkylation sites (N-methyl/N-ethyl adjacent to an activating group) is 1. The van der Waals surface area contributed by atoms with Gasteiger partial charge in [-0.25, -0.2) is 4.39 Å². The number of benzene rings is 2. The van der Waals surface area contributed by atoms with Crippen molar-refractivity contribution in [1.82, 2.24) is 4.90 Å². The number of anilines is 2. The summed E-state index contributed by atoms with van der Waals surface area (Å²) in [6.07, 6.45) is 0. The molecule has 0 unspecified atom stereocenters. The number of hydrogen-bond acceptors (Lipinski definition) is 3. The van der Waals surface area contributed by atoms with E-state index in [1.165, 1.54) is 18.2 Å². The smallest absolute Gasteiger partial charge is 0.256 e. The highest BCUT2D eigenvalue weighted by atomic mass is 79.9. The van der Waals surface area contributed by atoms with Crippen LogP contribution in [-0.4, -0.2) is 44.0 Å². The van der Waals surface area contributed by atoms with Crippen LogP contribution >= 0.6 is 15.9 Å². The highest BCUT2D eigenvalue weighted by Crippen LogP contribution is 2.28. The van der Waals surface area contributed by atoms with E-state index in [2.05, 4.69) is 38.1 Å². The van der Waals surface area contributed by atoms with Gasteiger partial charge >= 0.3 is 0 Å². The standard InChI is InChI=1S/C18H19BrFN3O/c1-22-8-10-23(11-9-22)17-5-3-2-4-16(17)21-18(24)14-7-6-13(20)12-15(14)19/h2-7,12H,8-11H2,1H3,(H,21,24). The van der Waals surface area contributed by atoms with Crippen molar-refractivity contribution >= 4 is 33.2 Å². The van der Waals surface area contributed by atoms with E-state index >= 15 is 0 Å². The van der Waals surface area contributed by atoms with E-state index in [1.807, 2.05) is 24.3 Å². The Labute approximate surface area is 149 Å². The summed E-state index contributed by atoms with van der Waals surface area (Å²) in [7, 11) is 2.11. The molecular formula is C18H19BrFN3O. The largest absolute Gasteiger partial charge is 0.367 e. The van der Waals surface area contributed by atoms with Crippen molar-refractivity contribution in [3.8, 4) is 0 Å². The van der Waals surface area contributed by atoms with Gasteiger partial charge in [-0.3, -0.25) is 4.79 Å². The van der Waals surface area contributed by atoms with Crippen LogP contribution in [0.25, 0.3) is 0 Å². The van der Waals surface area contributed by atoms with Gasteiger partial charge in [-0.05, 0) is 53.3 Å². The second-order valence-electron chi connectivity index (χ2n) is 5.89. The maximum absolute atomic E-state index is 13.2. The summed E-state index contributed by atoms with van der Waals surface area (Å²) in [5, 5.41) is 2.95. The topological polar surface area (TPSA) is 35.6 Å². The van der Waals surface area contributed by atoms with Crippen LogP contribution in [0.2, 0.25) is 0 Å². The molecule has 1 fully saturated rings. The minimum Gasteiger partial charge on any atom is -0.367 e. The van der Waals surface area contributed by atoms with Gasteiger partial charge in [0.15, 0.2) is 0 Å². The van der Waals surface area contributed by atoms with Crippen molar-refractivity contribution in [2.45, 2.75) is 0 Å². The molecule has 1 aliphatic heterocycles. The van der Waals surface area contributed by atoms with Crippen LogP contribution in [0.3, 0.4) is 0 Å². The molecule has 6 heteroatoms. The Morgan fingerprint density at radius 3 is 2.54 bits per heavy atom. The van der Waals surface area contributed by atoms with E-state index in [0.717, 1.165) is 37.6 Å². The van der Waals surface area contributed by atoms with Gasteiger partial charge in [0.2, 0.25) is 0 Å². The molecule has 1 aliphatic rings. The van der Waals surface area contributed by atoms with Gasteiger partial charge in [-0.1, -0.05) is 12.1 Å². The first-order valence-corrected chi connectivity index (χ1v) is 8.63. The molecule has 0 saturated carbocycles. The van der Waals surface area contributed by atoms with E-state index in [0.29, 0.717) is 10.0 Å². The Balaban J connectivity index is 1.81. The molecule has 126 valence electrons. The van der Waals surface area contributed by atoms with Crippen LogP contribution < -0.4 is 10.2 Å². The van der Waals surface area contributed by atoms with Gasteiger partial charge in [0.05, 0.1) is 16.9 Å². The number of nitrogens with one attached hydrogen (secondary N) is 1. The van der Waals surface area contributed by atoms with Crippen molar-refractivity contribution in [2.75, 3.05) is 43.4 Å². The van der Waals surface area contributed by atoms with E-state index in [1.54, 1.807) is 0 Å². The zero-order chi connectivity index (χ0) is 17.1. The van der Waals surface area contributed by atoms with Gasteiger partial charge in [0.1, 0.15) is 5.82 Å². The molecule has 1 saturated heterocycles. The first-order chi connectivity index (χ1) is 11.5. The van der Waals surface area contributed by atoms with Crippen LogP contribution in [0.15, 0.2) is 46.9 Å². The molecule has 24 heavy (non-hydrogen) atoms. The lowest BCUT2D eigenvalue weighted by atomic mass is 10.1. The molecular weight excluding hydrogens is 373 g/mol. The number of piperazine rings is 1. The fraction of sp³-hybridized carbons (Fsp3) is 0.278. The molecule has 1 heterocycles. The fourth-order valence-electron chi connectivity index (χ4n) is 2.77. The Hall–Kier alpha value is -1.92. The summed E-state index contributed by atoms with van der Waals surface area (Å²) in [6, 6.07) is 11.8. The average molecular weight is 392 g/mol. The number of amides is 1. The summed E-state index contributed by atoms with van der Waals surface area (Å²) in [6.45, 7) is 3.82. The molecule has 0 spiro atoms. The molecule has 0 aromatic heterocycles. The van der Waals surface area contributed by atoms with Crippen LogP contribution in [0, 0.1) is 5.82 Å². The molecule has 2 aromatic rings. The predicted octanol–water partition coefficient (Wildman–Crippen LogP) is 3.59. The first-order valence-electron chi connectivity index (χ1n) is 7.83. The number of para-hydroxylation sites is 2. The predicted molar refractivity (Wildman–Crippen MR) is 98.2 cm³/mol. The van der Waals surface area contributed by atoms with Gasteiger partial charge in [-0.2, -0.15) is 0 Å². The monoisotopic (exact) mass is 391 g/mol. The summed E-state index contributed by atoms with van der Waals surface area (Å²) < 4.78 is 13.6. The Morgan fingerprint density at radius 2 is 1.83 bits per heavy atom. The third kappa shape index (κ3) is 3.76. The number of rotatable bonds is 3. The maximum Gasteiger partial charge on any atom is 0.256 e. The second-order valence-corrected chi connectivity index (χ2v) is 6.74. The molecule has 0 bridgehead atoms. The van der Waals surface area contributed by atoms with Crippen molar-refractivity contribution < 1.29 is 9.18 Å². The SMILES string of the molecule is CN1CCN(c2ccccc2NC(=O)c2ccc(F)cc2Br)CC1. The second kappa shape index (κ2) is 7.32. The minimum absolute atomic E-state index is 0.261. The number of halogens is 2. The molecule has 1 N–H and O–H groups in total. The molecule has 1 amide bonds. The van der Waals surface area contributed by atoms with Crippen molar-refractivity contribution in [2.24, 2.45) is 0 Å². The van der Waals surface area contributed by atoms with Crippen LogP contribution in [0.1, 0.15) is 10.4 Å². The van der Waals surface area contributed by atoms with Crippen LogP contribution in [-0.2, 0) is 0 Å². The lowest BCUT2D eigenvalue weighted by molar-refractivity contribution is 0.102. The first kappa shape index (κ1) is 16.9. The quantitative estimate of drug-likeness (QED) is 0.867. The highest BCUT2D eigenvalue weighted by Gasteiger charge is 2.18. The Kier molecular flexibility index (Phi) is 5.16. The average Bonchev–Trinajstić information content (AvgIpc) is 2.56. The maximum atomic E-state index is 13.2. The number of carbonyl (C=O) groups is 1. The summed E-state index contributed by atoms with van der Waals surface area (Å²) >= 11 is 3.25. The summed E-state index contributed by atoms with van der Waals surface area (Å²) in [5.41, 5.74) is 2.19. The third-order valence-corrected chi connectivity index (χ3v) is 4.83. The minimum atomic E-state index is -0.378. The van der Waals surface area contributed by atoms with E-state index in [-0.39, 0.29) is 11.7 Å². The van der Waals surface area contributed by atoms with Gasteiger partial charge in [0, 0.05) is 30.7 Å². The third-order valence-electron chi connectivity index (χ3n) is 4.17. The molecule has 0 aliphatic carbocycles. The molecule has 0 atom stereocenters. The normalized spacial score (nSPS) is 15.4. The molecule has 0 radical (unpaired) electrons. The van der Waals surface area contributed by atoms with Gasteiger partial charge < -0.3 is 15.1 Å². The number of carbonyl (C=O) groups excluding carboxylic acids is 1. The number of hydrogen-bond donors (Lipinski definition) is 1. The van der Waals surface area contributed by atoms with E-state index in [9.17, 15) is 9.18 Å². The van der Waals surface area contributed by atoms with E-state index < -0.39 is 0 Å². The Bertz CT molecular complexity index is 745. The lowest BCUT2D eigenvalue weighted by Gasteiger charge is -2.35. The van der Waals surface area contributed by atoms with Crippen molar-refractivity contribution in [3.05, 3.63) is 58.3 Å². The molecule has 2 aromatic carbocycles. The zero-order valence-corrected chi connectivity index (χ0v) is 15.0. The summed E-state index contributed by atoms with van der Waals surface area (Å²) in [5.74, 6) is -0.639. The fourth-order valence-corrected chi connectivity index (χ4v) is 3.30. The number of nitrogens with zero attached hydrogens (tertiary/aromatic N) is 2. The van der Waals surface area contributed by atoms with Crippen molar-refractivity contribution in [1.29, 1.82) is 0 Å². The lowest BCUT2D eigenvalue weighted by Crippen LogP contribution is -2.44. The van der Waals surface area contributed by atoms with Crippen molar-refractivity contribution in [3.63, 3.8) is 0 Å². The molecule has 4 nitrogen and oxygen atoms in total. The van der Waals surface area contributed by atoms with Gasteiger partial charge in [-0.15, -0.1) is 0 Å².